The number of nitrogens with zero attached hydrogens (tertiary/aromatic N) is 5. The molecule has 0 atom stereocenters. The molecule has 37 heavy (non-hydrogen) atoms. The first-order valence-electron chi connectivity index (χ1n) is 11.4. The minimum atomic E-state index is 0. The molecule has 0 unspecified atom stereocenters. The first kappa shape index (κ1) is 27.1. The Kier molecular flexibility index (Phi) is 11.3. The van der Waals surface area contributed by atoms with Gasteiger partial charge in [-0.3, -0.25) is 19.9 Å². The third-order valence-electron chi connectivity index (χ3n) is 4.83. The van der Waals surface area contributed by atoms with Crippen LogP contribution in [-0.4, -0.2) is 24.9 Å². The van der Waals surface area contributed by atoms with Crippen molar-refractivity contribution in [3.05, 3.63) is 152 Å². The van der Waals surface area contributed by atoms with Crippen LogP contribution in [0.5, 0.6) is 0 Å². The molecule has 5 nitrogen and oxygen atoms in total. The molecule has 0 N–H and O–H groups in total. The van der Waals surface area contributed by atoms with E-state index in [0.717, 1.165) is 34.0 Å². The first-order chi connectivity index (χ1) is 17.9. The summed E-state index contributed by atoms with van der Waals surface area (Å²) in [5, 5.41) is 0. The second-order valence-corrected chi connectivity index (χ2v) is 7.35. The summed E-state index contributed by atoms with van der Waals surface area (Å²) in [4.78, 5) is 21.0. The Morgan fingerprint density at radius 3 is 0.946 bits per heavy atom. The molecule has 6 heteroatoms. The summed E-state index contributed by atoms with van der Waals surface area (Å²) in [5.74, 6) is 0. The molecule has 0 bridgehead atoms. The van der Waals surface area contributed by atoms with Gasteiger partial charge in [0.15, 0.2) is 0 Å². The Morgan fingerprint density at radius 1 is 0.351 bits per heavy atom. The third-order valence-corrected chi connectivity index (χ3v) is 4.83. The van der Waals surface area contributed by atoms with E-state index in [0.29, 0.717) is 0 Å². The number of rotatable bonds is 3. The molecule has 0 radical (unpaired) electrons. The maximum Gasteiger partial charge on any atom is 0.0886 e. The minimum Gasteiger partial charge on any atom is -0.305 e. The second-order valence-electron chi connectivity index (χ2n) is 7.35. The Labute approximate surface area is 227 Å². The molecule has 5 heterocycles. The quantitative estimate of drug-likeness (QED) is 0.188. The van der Waals surface area contributed by atoms with Crippen LogP contribution < -0.4 is 0 Å². The number of aromatic nitrogens is 5. The van der Waals surface area contributed by atoms with E-state index in [2.05, 4.69) is 31.0 Å². The van der Waals surface area contributed by atoms with Crippen molar-refractivity contribution in [1.82, 2.24) is 24.9 Å². The van der Waals surface area contributed by atoms with Gasteiger partial charge in [0.05, 0.1) is 22.8 Å². The van der Waals surface area contributed by atoms with Gasteiger partial charge in [0.1, 0.15) is 0 Å². The fourth-order valence-electron chi connectivity index (χ4n) is 3.13. The largest absolute Gasteiger partial charge is 0.305 e. The van der Waals surface area contributed by atoms with Gasteiger partial charge in [-0.1, -0.05) is 36.4 Å². The summed E-state index contributed by atoms with van der Waals surface area (Å²) in [7, 11) is 0. The van der Waals surface area contributed by atoms with Crippen molar-refractivity contribution in [2.24, 2.45) is 0 Å². The topological polar surface area (TPSA) is 64.5 Å². The fraction of sp³-hybridized carbons (Fsp3) is 0. The van der Waals surface area contributed by atoms with Crippen LogP contribution in [0.1, 0.15) is 0 Å². The van der Waals surface area contributed by atoms with Gasteiger partial charge < -0.3 is 4.98 Å². The van der Waals surface area contributed by atoms with E-state index >= 15 is 0 Å². The smallest absolute Gasteiger partial charge is 0.0886 e. The van der Waals surface area contributed by atoms with Gasteiger partial charge in [-0.15, -0.1) is 35.9 Å². The minimum absolute atomic E-state index is 0. The maximum absolute atomic E-state index is 4.22. The van der Waals surface area contributed by atoms with E-state index in [-0.39, 0.29) is 17.1 Å². The summed E-state index contributed by atoms with van der Waals surface area (Å²) in [6.45, 7) is 0. The molecule has 0 aliphatic carbocycles. The predicted octanol–water partition coefficient (Wildman–Crippen LogP) is 6.83. The first-order valence-corrected chi connectivity index (χ1v) is 11.4. The molecule has 0 spiro atoms. The van der Waals surface area contributed by atoms with Gasteiger partial charge in [-0.25, -0.2) is 0 Å². The zero-order chi connectivity index (χ0) is 24.7. The number of hydrogen-bond donors (Lipinski definition) is 0. The van der Waals surface area contributed by atoms with E-state index in [4.69, 9.17) is 0 Å². The maximum atomic E-state index is 4.22. The average Bonchev–Trinajstić information content (AvgIpc) is 3.01. The fourth-order valence-corrected chi connectivity index (χ4v) is 3.13. The SMILES string of the molecule is [Fe].[c-]1ccccc1-c1ccccn1.c1ccc(-c2ccccn2)nc1.c1ccc(-c2ccccn2)nc1. The molecule has 0 aliphatic heterocycles. The summed E-state index contributed by atoms with van der Waals surface area (Å²) in [6.07, 6.45) is 8.86. The molecule has 0 fully saturated rings. The van der Waals surface area contributed by atoms with Crippen molar-refractivity contribution in [3.8, 4) is 34.0 Å². The van der Waals surface area contributed by atoms with Crippen LogP contribution in [0.3, 0.4) is 0 Å². The standard InChI is InChI=1S/C11H8N.2C10H8N2.Fe/c1-2-6-10(7-3-1)11-8-4-5-9-12-11;2*1-3-7-11-9(5-1)10-6-2-4-8-12-10;/h1-6,8-9H;2*1-8H;/q-1;;;. The van der Waals surface area contributed by atoms with Crippen LogP contribution in [0.4, 0.5) is 0 Å². The van der Waals surface area contributed by atoms with Crippen LogP contribution in [0.25, 0.3) is 34.0 Å². The number of hydrogen-bond acceptors (Lipinski definition) is 5. The van der Waals surface area contributed by atoms with Crippen molar-refractivity contribution < 1.29 is 17.1 Å². The summed E-state index contributed by atoms with van der Waals surface area (Å²) >= 11 is 0. The van der Waals surface area contributed by atoms with Gasteiger partial charge in [-0.2, -0.15) is 0 Å². The van der Waals surface area contributed by atoms with Gasteiger partial charge in [0.25, 0.3) is 0 Å². The van der Waals surface area contributed by atoms with E-state index < -0.39 is 0 Å². The predicted molar refractivity (Wildman–Crippen MR) is 143 cm³/mol. The van der Waals surface area contributed by atoms with Gasteiger partial charge in [0, 0.05) is 48.1 Å². The van der Waals surface area contributed by atoms with Gasteiger partial charge in [0.2, 0.25) is 0 Å². The monoisotopic (exact) mass is 522 g/mol. The molecule has 6 aromatic rings. The van der Waals surface area contributed by atoms with E-state index in [1.54, 1.807) is 31.0 Å². The van der Waals surface area contributed by atoms with Crippen LogP contribution in [-0.2, 0) is 17.1 Å². The summed E-state index contributed by atoms with van der Waals surface area (Å²) < 4.78 is 0. The molecule has 0 aliphatic rings. The molecular formula is C31H24FeN5-. The van der Waals surface area contributed by atoms with E-state index in [1.165, 1.54) is 0 Å². The molecule has 182 valence electrons. The number of pyridine rings is 5. The zero-order valence-electron chi connectivity index (χ0n) is 19.9. The normalized spacial score (nSPS) is 9.41. The molecule has 1 aromatic carbocycles. The van der Waals surface area contributed by atoms with Crippen molar-refractivity contribution >= 4 is 0 Å². The van der Waals surface area contributed by atoms with Gasteiger partial charge >= 0.3 is 0 Å². The van der Waals surface area contributed by atoms with Crippen LogP contribution in [0.15, 0.2) is 146 Å². The Bertz CT molecular complexity index is 1100. The van der Waals surface area contributed by atoms with Crippen molar-refractivity contribution in [3.63, 3.8) is 0 Å². The van der Waals surface area contributed by atoms with Crippen molar-refractivity contribution in [1.29, 1.82) is 0 Å². The van der Waals surface area contributed by atoms with Gasteiger partial charge in [-0.05, 0) is 60.3 Å². The van der Waals surface area contributed by atoms with Crippen LogP contribution >= 0.6 is 0 Å². The van der Waals surface area contributed by atoms with Crippen LogP contribution in [0.2, 0.25) is 0 Å². The molecular weight excluding hydrogens is 498 g/mol. The van der Waals surface area contributed by atoms with Crippen LogP contribution in [0, 0.1) is 6.07 Å². The molecule has 0 amide bonds. The van der Waals surface area contributed by atoms with E-state index in [9.17, 15) is 0 Å². The summed E-state index contributed by atoms with van der Waals surface area (Å²) in [6, 6.07) is 40.0. The summed E-state index contributed by atoms with van der Waals surface area (Å²) in [5.41, 5.74) is 5.67. The molecule has 5 aromatic heterocycles. The Morgan fingerprint density at radius 2 is 0.676 bits per heavy atom. The van der Waals surface area contributed by atoms with Crippen molar-refractivity contribution in [2.75, 3.05) is 0 Å². The number of benzene rings is 1. The zero-order valence-corrected chi connectivity index (χ0v) is 21.1. The second kappa shape index (κ2) is 15.5. The van der Waals surface area contributed by atoms with Crippen molar-refractivity contribution in [2.45, 2.75) is 0 Å². The Balaban J connectivity index is 0.000000152. The third kappa shape index (κ3) is 8.89. The Hall–Kier alpha value is -4.51. The van der Waals surface area contributed by atoms with E-state index in [1.807, 2.05) is 115 Å². The molecule has 6 rings (SSSR count). The molecule has 0 saturated carbocycles. The molecule has 0 saturated heterocycles. The average molecular weight is 522 g/mol.